The van der Waals surface area contributed by atoms with E-state index in [-0.39, 0.29) is 0 Å². The molecule has 19 heavy (non-hydrogen) atoms. The summed E-state index contributed by atoms with van der Waals surface area (Å²) in [5.74, 6) is 0.583. The standard InChI is InChI=1S/C13H16BrN3OS/c1-8(2)15-7-10-4-5-11(6-12(10)14)19-13-17-16-9(3)18-13/h4-6,8,15H,7H2,1-3H3. The van der Waals surface area contributed by atoms with Crippen LogP contribution in [-0.4, -0.2) is 16.2 Å². The number of nitrogens with one attached hydrogen (secondary N) is 1. The highest BCUT2D eigenvalue weighted by molar-refractivity contribution is 9.10. The van der Waals surface area contributed by atoms with Gasteiger partial charge >= 0.3 is 0 Å². The Bertz CT molecular complexity index is 557. The monoisotopic (exact) mass is 341 g/mol. The first-order valence-corrected chi connectivity index (χ1v) is 7.65. The summed E-state index contributed by atoms with van der Waals surface area (Å²) < 4.78 is 6.43. The molecule has 0 unspecified atom stereocenters. The molecular formula is C13H16BrN3OS. The van der Waals surface area contributed by atoms with Gasteiger partial charge in [0.15, 0.2) is 0 Å². The third-order valence-corrected chi connectivity index (χ3v) is 4.01. The predicted molar refractivity (Wildman–Crippen MR) is 79.3 cm³/mol. The Balaban J connectivity index is 2.06. The molecule has 1 N–H and O–H groups in total. The number of nitrogens with zero attached hydrogens (tertiary/aromatic N) is 2. The SMILES string of the molecule is Cc1nnc(Sc2ccc(CNC(C)C)c(Br)c2)o1. The summed E-state index contributed by atoms with van der Waals surface area (Å²) in [6, 6.07) is 6.71. The van der Waals surface area contributed by atoms with E-state index in [0.29, 0.717) is 17.2 Å². The number of benzene rings is 1. The first kappa shape index (κ1) is 14.6. The van der Waals surface area contributed by atoms with Crippen LogP contribution in [-0.2, 0) is 6.54 Å². The second kappa shape index (κ2) is 6.54. The quantitative estimate of drug-likeness (QED) is 0.896. The zero-order chi connectivity index (χ0) is 13.8. The minimum atomic E-state index is 0.474. The van der Waals surface area contributed by atoms with Crippen molar-refractivity contribution in [2.24, 2.45) is 0 Å². The number of hydrogen-bond acceptors (Lipinski definition) is 5. The van der Waals surface area contributed by atoms with Crippen molar-refractivity contribution in [3.63, 3.8) is 0 Å². The average Bonchev–Trinajstić information content (AvgIpc) is 2.73. The zero-order valence-corrected chi connectivity index (χ0v) is 13.5. The minimum absolute atomic E-state index is 0.474. The molecule has 1 aromatic heterocycles. The molecule has 4 nitrogen and oxygen atoms in total. The highest BCUT2D eigenvalue weighted by atomic mass is 79.9. The largest absolute Gasteiger partial charge is 0.416 e. The van der Waals surface area contributed by atoms with E-state index >= 15 is 0 Å². The number of aromatic nitrogens is 2. The Kier molecular flexibility index (Phi) is 5.01. The van der Waals surface area contributed by atoms with Crippen LogP contribution in [0.1, 0.15) is 25.3 Å². The average molecular weight is 342 g/mol. The van der Waals surface area contributed by atoms with E-state index in [1.54, 1.807) is 6.92 Å². The van der Waals surface area contributed by atoms with Crippen LogP contribution >= 0.6 is 27.7 Å². The van der Waals surface area contributed by atoms with Gasteiger partial charge in [0.2, 0.25) is 5.89 Å². The highest BCUT2D eigenvalue weighted by Gasteiger charge is 2.07. The molecule has 2 rings (SSSR count). The van der Waals surface area contributed by atoms with E-state index in [1.165, 1.54) is 17.3 Å². The topological polar surface area (TPSA) is 51.0 Å². The number of rotatable bonds is 5. The molecule has 102 valence electrons. The molecule has 2 aromatic rings. The van der Waals surface area contributed by atoms with Crippen LogP contribution in [0.25, 0.3) is 0 Å². The second-order valence-corrected chi connectivity index (χ2v) is 6.36. The summed E-state index contributed by atoms with van der Waals surface area (Å²) in [7, 11) is 0. The van der Waals surface area contributed by atoms with E-state index < -0.39 is 0 Å². The van der Waals surface area contributed by atoms with Crippen molar-refractivity contribution < 1.29 is 4.42 Å². The van der Waals surface area contributed by atoms with Crippen LogP contribution in [0, 0.1) is 6.92 Å². The second-order valence-electron chi connectivity index (χ2n) is 4.48. The molecule has 0 aliphatic carbocycles. The van der Waals surface area contributed by atoms with E-state index in [1.807, 2.05) is 0 Å². The van der Waals surface area contributed by atoms with Crippen molar-refractivity contribution in [1.82, 2.24) is 15.5 Å². The summed E-state index contributed by atoms with van der Waals surface area (Å²) in [6.07, 6.45) is 0. The van der Waals surface area contributed by atoms with Crippen molar-refractivity contribution in [3.05, 3.63) is 34.1 Å². The molecule has 6 heteroatoms. The maximum absolute atomic E-state index is 5.35. The Morgan fingerprint density at radius 3 is 2.74 bits per heavy atom. The van der Waals surface area contributed by atoms with Crippen LogP contribution < -0.4 is 5.32 Å². The molecular weight excluding hydrogens is 326 g/mol. The maximum atomic E-state index is 5.35. The lowest BCUT2D eigenvalue weighted by atomic mass is 10.2. The molecule has 0 saturated carbocycles. The van der Waals surface area contributed by atoms with Crippen LogP contribution in [0.2, 0.25) is 0 Å². The number of halogens is 1. The van der Waals surface area contributed by atoms with Gasteiger partial charge in [-0.15, -0.1) is 10.2 Å². The van der Waals surface area contributed by atoms with E-state index in [0.717, 1.165) is 15.9 Å². The molecule has 0 fully saturated rings. The van der Waals surface area contributed by atoms with Gasteiger partial charge in [-0.3, -0.25) is 0 Å². The molecule has 0 saturated heterocycles. The smallest absolute Gasteiger partial charge is 0.281 e. The van der Waals surface area contributed by atoms with Gasteiger partial charge in [0.1, 0.15) is 0 Å². The van der Waals surface area contributed by atoms with Crippen molar-refractivity contribution in [1.29, 1.82) is 0 Å². The van der Waals surface area contributed by atoms with Gasteiger partial charge in [0, 0.05) is 28.9 Å². The van der Waals surface area contributed by atoms with Gasteiger partial charge in [-0.1, -0.05) is 35.8 Å². The lowest BCUT2D eigenvalue weighted by Gasteiger charge is -2.10. The normalized spacial score (nSPS) is 11.2. The van der Waals surface area contributed by atoms with Gasteiger partial charge in [-0.2, -0.15) is 0 Å². The molecule has 0 atom stereocenters. The molecule has 0 aliphatic rings. The Labute approximate surface area is 125 Å². The summed E-state index contributed by atoms with van der Waals surface area (Å²) in [5, 5.41) is 11.7. The molecule has 0 amide bonds. The molecule has 0 aliphatic heterocycles. The van der Waals surface area contributed by atoms with Crippen LogP contribution in [0.5, 0.6) is 0 Å². The molecule has 0 spiro atoms. The fraction of sp³-hybridized carbons (Fsp3) is 0.385. The van der Waals surface area contributed by atoms with Crippen LogP contribution in [0.15, 0.2) is 37.2 Å². The van der Waals surface area contributed by atoms with Gasteiger partial charge in [-0.05, 0) is 29.5 Å². The zero-order valence-electron chi connectivity index (χ0n) is 11.1. The Morgan fingerprint density at radius 1 is 1.37 bits per heavy atom. The van der Waals surface area contributed by atoms with Crippen LogP contribution in [0.4, 0.5) is 0 Å². The van der Waals surface area contributed by atoms with E-state index in [4.69, 9.17) is 4.42 Å². The molecule has 0 bridgehead atoms. The summed E-state index contributed by atoms with van der Waals surface area (Å²) in [5.41, 5.74) is 1.24. The maximum Gasteiger partial charge on any atom is 0.281 e. The van der Waals surface area contributed by atoms with Gasteiger partial charge in [0.05, 0.1) is 0 Å². The van der Waals surface area contributed by atoms with Gasteiger partial charge in [0.25, 0.3) is 5.22 Å². The Hall–Kier alpha value is -0.850. The van der Waals surface area contributed by atoms with Gasteiger partial charge < -0.3 is 9.73 Å². The summed E-state index contributed by atoms with van der Waals surface area (Å²) in [4.78, 5) is 1.07. The van der Waals surface area contributed by atoms with Crippen molar-refractivity contribution in [2.75, 3.05) is 0 Å². The number of aryl methyl sites for hydroxylation is 1. The van der Waals surface area contributed by atoms with E-state index in [2.05, 4.69) is 63.5 Å². The third kappa shape index (κ3) is 4.33. The lowest BCUT2D eigenvalue weighted by Crippen LogP contribution is -2.21. The highest BCUT2D eigenvalue weighted by Crippen LogP contribution is 2.30. The minimum Gasteiger partial charge on any atom is -0.416 e. The van der Waals surface area contributed by atoms with Crippen molar-refractivity contribution in [3.8, 4) is 0 Å². The summed E-state index contributed by atoms with van der Waals surface area (Å²) >= 11 is 5.06. The Morgan fingerprint density at radius 2 is 2.16 bits per heavy atom. The van der Waals surface area contributed by atoms with Crippen molar-refractivity contribution >= 4 is 27.7 Å². The molecule has 1 aromatic carbocycles. The first-order chi connectivity index (χ1) is 9.04. The molecule has 0 radical (unpaired) electrons. The fourth-order valence-electron chi connectivity index (χ4n) is 1.47. The van der Waals surface area contributed by atoms with E-state index in [9.17, 15) is 0 Å². The fourth-order valence-corrected chi connectivity index (χ4v) is 2.90. The number of hydrogen-bond donors (Lipinski definition) is 1. The first-order valence-electron chi connectivity index (χ1n) is 6.04. The molecule has 1 heterocycles. The predicted octanol–water partition coefficient (Wildman–Crippen LogP) is 3.79. The lowest BCUT2D eigenvalue weighted by molar-refractivity contribution is 0.429. The third-order valence-electron chi connectivity index (χ3n) is 2.44. The van der Waals surface area contributed by atoms with Crippen LogP contribution in [0.3, 0.4) is 0 Å². The van der Waals surface area contributed by atoms with Crippen molar-refractivity contribution in [2.45, 2.75) is 43.5 Å². The summed E-state index contributed by atoms with van der Waals surface area (Å²) in [6.45, 7) is 6.91. The van der Waals surface area contributed by atoms with Gasteiger partial charge in [-0.25, -0.2) is 0 Å².